The maximum atomic E-state index is 5.29. The summed E-state index contributed by atoms with van der Waals surface area (Å²) in [5, 5.41) is 3.15. The molecule has 0 radical (unpaired) electrons. The molecule has 2 atom stereocenters. The van der Waals surface area contributed by atoms with Crippen molar-refractivity contribution < 1.29 is 9.05 Å². The minimum Gasteiger partial charge on any atom is -0.472 e. The number of hydrogen-bond donors (Lipinski definition) is 1. The van der Waals surface area contributed by atoms with Crippen LogP contribution in [0.5, 0.6) is 0 Å². The Morgan fingerprint density at radius 1 is 1.90 bits per heavy atom. The summed E-state index contributed by atoms with van der Waals surface area (Å²) in [7, 11) is -0.451. The van der Waals surface area contributed by atoms with Crippen molar-refractivity contribution in [1.82, 2.24) is 5.09 Å². The maximum Gasteiger partial charge on any atom is 0.228 e. The molecule has 1 rings (SSSR count). The molecule has 1 aliphatic rings. The highest BCUT2D eigenvalue weighted by molar-refractivity contribution is 8.37. The molecule has 1 unspecified atom stereocenters. The third-order valence-corrected chi connectivity index (χ3v) is 4.25. The van der Waals surface area contributed by atoms with Crippen LogP contribution in [0.1, 0.15) is 13.3 Å². The average molecular weight is 181 g/mol. The van der Waals surface area contributed by atoms with E-state index >= 15 is 0 Å². The van der Waals surface area contributed by atoms with E-state index in [0.29, 0.717) is 12.6 Å². The molecule has 0 saturated carbocycles. The summed E-state index contributed by atoms with van der Waals surface area (Å²) in [4.78, 5) is 0. The Morgan fingerprint density at radius 3 is 2.90 bits per heavy atom. The largest absolute Gasteiger partial charge is 0.472 e. The zero-order chi connectivity index (χ0) is 7.61. The van der Waals surface area contributed by atoms with Crippen molar-refractivity contribution in [1.29, 1.82) is 0 Å². The van der Waals surface area contributed by atoms with Gasteiger partial charge in [0.05, 0.1) is 13.2 Å². The summed E-state index contributed by atoms with van der Waals surface area (Å²) in [6, 6.07) is 0.394. The van der Waals surface area contributed by atoms with Crippen LogP contribution in [0, 0.1) is 0 Å². The SMILES string of the molecule is CC[C@@H]1CO[P+]([S-])(OC)N1. The van der Waals surface area contributed by atoms with Crippen molar-refractivity contribution in [3.05, 3.63) is 0 Å². The van der Waals surface area contributed by atoms with Crippen LogP contribution in [-0.4, -0.2) is 19.8 Å². The van der Waals surface area contributed by atoms with Crippen molar-refractivity contribution in [2.75, 3.05) is 13.7 Å². The van der Waals surface area contributed by atoms with Crippen molar-refractivity contribution in [2.24, 2.45) is 0 Å². The molecular weight excluding hydrogens is 169 g/mol. The second-order valence-electron chi connectivity index (χ2n) is 2.21. The first-order valence-corrected chi connectivity index (χ1v) is 5.92. The van der Waals surface area contributed by atoms with Gasteiger partial charge in [-0.1, -0.05) is 6.92 Å². The van der Waals surface area contributed by atoms with Gasteiger partial charge >= 0.3 is 0 Å². The third-order valence-electron chi connectivity index (χ3n) is 1.52. The van der Waals surface area contributed by atoms with Crippen LogP contribution < -0.4 is 5.09 Å². The van der Waals surface area contributed by atoms with Crippen LogP contribution in [0.25, 0.3) is 0 Å². The lowest BCUT2D eigenvalue weighted by Crippen LogP contribution is -2.21. The molecule has 1 heterocycles. The first-order valence-electron chi connectivity index (χ1n) is 3.28. The third kappa shape index (κ3) is 1.83. The Labute approximate surface area is 67.2 Å². The highest BCUT2D eigenvalue weighted by Gasteiger charge is 2.36. The average Bonchev–Trinajstić information content (AvgIpc) is 2.33. The molecule has 5 heteroatoms. The summed E-state index contributed by atoms with van der Waals surface area (Å²) < 4.78 is 10.3. The molecule has 0 bridgehead atoms. The molecule has 0 aliphatic carbocycles. The smallest absolute Gasteiger partial charge is 0.228 e. The molecular formula is C5H12NO2PS. The lowest BCUT2D eigenvalue weighted by atomic mass is 10.3. The Hall–Kier alpha value is 0.660. The molecule has 1 N–H and O–H groups in total. The predicted molar refractivity (Wildman–Crippen MR) is 44.5 cm³/mol. The molecule has 0 aromatic heterocycles. The van der Waals surface area contributed by atoms with Crippen LogP contribution in [-0.2, 0) is 21.3 Å². The minimum absolute atomic E-state index is 0.394. The van der Waals surface area contributed by atoms with Gasteiger partial charge in [0.1, 0.15) is 6.61 Å². The first kappa shape index (κ1) is 8.75. The quantitative estimate of drug-likeness (QED) is 0.513. The molecule has 1 saturated heterocycles. The van der Waals surface area contributed by atoms with Gasteiger partial charge in [0.2, 0.25) is 7.07 Å². The van der Waals surface area contributed by atoms with E-state index in [4.69, 9.17) is 21.3 Å². The molecule has 60 valence electrons. The molecule has 0 aromatic rings. The van der Waals surface area contributed by atoms with E-state index in [1.807, 2.05) is 0 Å². The number of nitrogens with one attached hydrogen (secondary N) is 1. The van der Waals surface area contributed by atoms with Crippen molar-refractivity contribution in [3.8, 4) is 0 Å². The first-order chi connectivity index (χ1) is 4.70. The van der Waals surface area contributed by atoms with Gasteiger partial charge in [0.15, 0.2) is 0 Å². The molecule has 0 amide bonds. The fourth-order valence-electron chi connectivity index (χ4n) is 0.801. The highest BCUT2D eigenvalue weighted by Crippen LogP contribution is 2.57. The molecule has 3 nitrogen and oxygen atoms in total. The van der Waals surface area contributed by atoms with Crippen molar-refractivity contribution in [2.45, 2.75) is 19.4 Å². The van der Waals surface area contributed by atoms with Crippen molar-refractivity contribution >= 4 is 19.3 Å². The second-order valence-corrected chi connectivity index (χ2v) is 5.53. The molecule has 0 spiro atoms. The van der Waals surface area contributed by atoms with Crippen LogP contribution in [0.3, 0.4) is 0 Å². The summed E-state index contributed by atoms with van der Waals surface area (Å²) in [6.07, 6.45) is 1.04. The zero-order valence-electron chi connectivity index (χ0n) is 6.16. The van der Waals surface area contributed by atoms with E-state index < -0.39 is 7.07 Å². The van der Waals surface area contributed by atoms with Crippen LogP contribution in [0.4, 0.5) is 0 Å². The predicted octanol–water partition coefficient (Wildman–Crippen LogP) is 1.26. The highest BCUT2D eigenvalue weighted by atomic mass is 32.7. The van der Waals surface area contributed by atoms with Gasteiger partial charge in [-0.05, 0) is 6.42 Å². The monoisotopic (exact) mass is 181 g/mol. The topological polar surface area (TPSA) is 30.5 Å². The minimum atomic E-state index is -2.04. The van der Waals surface area contributed by atoms with Gasteiger partial charge in [-0.25, -0.2) is 9.05 Å². The van der Waals surface area contributed by atoms with E-state index in [9.17, 15) is 0 Å². The summed E-state index contributed by atoms with van der Waals surface area (Å²) in [6.45, 7) is 2.79. The normalized spacial score (nSPS) is 40.5. The van der Waals surface area contributed by atoms with E-state index in [-0.39, 0.29) is 0 Å². The van der Waals surface area contributed by atoms with E-state index in [1.165, 1.54) is 0 Å². The molecule has 10 heavy (non-hydrogen) atoms. The molecule has 1 fully saturated rings. The van der Waals surface area contributed by atoms with Gasteiger partial charge < -0.3 is 12.2 Å². The van der Waals surface area contributed by atoms with E-state index in [2.05, 4.69) is 12.0 Å². The zero-order valence-corrected chi connectivity index (χ0v) is 7.87. The fraction of sp³-hybridized carbons (Fsp3) is 1.00. The van der Waals surface area contributed by atoms with E-state index in [1.54, 1.807) is 7.11 Å². The Kier molecular flexibility index (Phi) is 2.95. The summed E-state index contributed by atoms with van der Waals surface area (Å²) >= 11 is 5.07. The summed E-state index contributed by atoms with van der Waals surface area (Å²) in [5.74, 6) is 0. The number of hydrogen-bond acceptors (Lipinski definition) is 4. The van der Waals surface area contributed by atoms with Crippen LogP contribution in [0.15, 0.2) is 0 Å². The maximum absolute atomic E-state index is 5.29. The van der Waals surface area contributed by atoms with E-state index in [0.717, 1.165) is 6.42 Å². The fourth-order valence-corrected chi connectivity index (χ4v) is 2.80. The van der Waals surface area contributed by atoms with Crippen LogP contribution >= 0.6 is 7.07 Å². The number of rotatable bonds is 2. The van der Waals surface area contributed by atoms with Crippen LogP contribution in [0.2, 0.25) is 0 Å². The van der Waals surface area contributed by atoms with Gasteiger partial charge in [0.25, 0.3) is 0 Å². The standard InChI is InChI=1S/C5H12NO2PS/c1-3-5-4-8-9(10,6-5)7-2/h5H,3-4H2,1-2H3,(H,6,10)/t5-,9?/m1/s1. The Bertz CT molecular complexity index is 126. The van der Waals surface area contributed by atoms with Gasteiger partial charge in [-0.2, -0.15) is 5.09 Å². The lowest BCUT2D eigenvalue weighted by Gasteiger charge is -2.20. The van der Waals surface area contributed by atoms with Gasteiger partial charge in [-0.15, -0.1) is 0 Å². The van der Waals surface area contributed by atoms with Crippen molar-refractivity contribution in [3.63, 3.8) is 0 Å². The Balaban J connectivity index is 2.41. The van der Waals surface area contributed by atoms with Gasteiger partial charge in [0, 0.05) is 0 Å². The Morgan fingerprint density at radius 2 is 2.60 bits per heavy atom. The second kappa shape index (κ2) is 3.37. The molecule has 0 aromatic carbocycles. The summed E-state index contributed by atoms with van der Waals surface area (Å²) in [5.41, 5.74) is 0. The lowest BCUT2D eigenvalue weighted by molar-refractivity contribution is 0.301. The molecule has 1 aliphatic heterocycles. The van der Waals surface area contributed by atoms with Gasteiger partial charge in [-0.3, -0.25) is 0 Å².